The zero-order chi connectivity index (χ0) is 20.2. The maximum atomic E-state index is 13.2. The molecule has 0 saturated heterocycles. The molecular weight excluding hydrogens is 371 g/mol. The number of nitrogens with one attached hydrogen (secondary N) is 1. The van der Waals surface area contributed by atoms with Gasteiger partial charge in [0.1, 0.15) is 17.9 Å². The number of amides is 1. The second kappa shape index (κ2) is 8.47. The summed E-state index contributed by atoms with van der Waals surface area (Å²) in [5.41, 5.74) is 0.0467. The van der Waals surface area contributed by atoms with Gasteiger partial charge < -0.3 is 10.1 Å². The van der Waals surface area contributed by atoms with Crippen molar-refractivity contribution in [3.63, 3.8) is 0 Å². The van der Waals surface area contributed by atoms with E-state index in [1.54, 1.807) is 26.0 Å². The van der Waals surface area contributed by atoms with Crippen LogP contribution in [-0.4, -0.2) is 29.1 Å². The van der Waals surface area contributed by atoms with Crippen molar-refractivity contribution in [3.05, 3.63) is 44.6 Å². The van der Waals surface area contributed by atoms with Crippen molar-refractivity contribution in [3.8, 4) is 11.3 Å². The molecule has 146 valence electrons. The van der Waals surface area contributed by atoms with Gasteiger partial charge >= 0.3 is 10.8 Å². The van der Waals surface area contributed by atoms with Crippen LogP contribution >= 0.6 is 11.3 Å². The molecule has 6 nitrogen and oxygen atoms in total. The minimum Gasteiger partial charge on any atom is -0.467 e. The predicted octanol–water partition coefficient (Wildman–Crippen LogP) is 2.87. The average Bonchev–Trinajstić information content (AvgIpc) is 2.88. The highest BCUT2D eigenvalue weighted by Crippen LogP contribution is 2.25. The van der Waals surface area contributed by atoms with Crippen LogP contribution in [0.4, 0.5) is 4.39 Å². The monoisotopic (exact) mass is 394 g/mol. The van der Waals surface area contributed by atoms with Gasteiger partial charge in [-0.25, -0.2) is 9.18 Å². The van der Waals surface area contributed by atoms with Crippen molar-refractivity contribution < 1.29 is 18.7 Å². The number of aryl methyl sites for hydroxylation is 1. The maximum absolute atomic E-state index is 13.2. The molecule has 1 N–H and O–H groups in total. The highest BCUT2D eigenvalue weighted by Gasteiger charge is 2.35. The third kappa shape index (κ3) is 4.63. The maximum Gasteiger partial charge on any atom is 0.331 e. The fourth-order valence-electron chi connectivity index (χ4n) is 3.06. The molecule has 0 aliphatic rings. The molecule has 0 saturated carbocycles. The number of aromatic nitrogens is 1. The zero-order valence-electron chi connectivity index (χ0n) is 15.8. The molecule has 27 heavy (non-hydrogen) atoms. The lowest BCUT2D eigenvalue weighted by atomic mass is 9.96. The Morgan fingerprint density at radius 1 is 1.30 bits per heavy atom. The largest absolute Gasteiger partial charge is 0.467 e. The summed E-state index contributed by atoms with van der Waals surface area (Å²) in [7, 11) is 1.27. The highest BCUT2D eigenvalue weighted by molar-refractivity contribution is 7.09. The van der Waals surface area contributed by atoms with Crippen LogP contribution in [0.5, 0.6) is 0 Å². The first-order chi connectivity index (χ1) is 12.7. The van der Waals surface area contributed by atoms with Crippen molar-refractivity contribution in [1.29, 1.82) is 0 Å². The van der Waals surface area contributed by atoms with Crippen LogP contribution in [0.25, 0.3) is 11.3 Å². The number of carbonyl (C=O) groups excluding carboxylic acids is 2. The number of hydrogen-bond acceptors (Lipinski definition) is 5. The Morgan fingerprint density at radius 2 is 1.93 bits per heavy atom. The van der Waals surface area contributed by atoms with Crippen molar-refractivity contribution in [2.75, 3.05) is 7.11 Å². The quantitative estimate of drug-likeness (QED) is 0.733. The lowest BCUT2D eigenvalue weighted by Crippen LogP contribution is -2.53. The molecule has 0 radical (unpaired) electrons. The molecule has 0 unspecified atom stereocenters. The molecule has 1 aromatic heterocycles. The van der Waals surface area contributed by atoms with Gasteiger partial charge in [0, 0.05) is 4.88 Å². The Balaban J connectivity index is 2.32. The van der Waals surface area contributed by atoms with E-state index < -0.39 is 17.4 Å². The van der Waals surface area contributed by atoms with Crippen LogP contribution in [0.1, 0.15) is 31.6 Å². The van der Waals surface area contributed by atoms with E-state index in [1.807, 2.05) is 6.92 Å². The molecule has 8 heteroatoms. The van der Waals surface area contributed by atoms with Crippen molar-refractivity contribution in [1.82, 2.24) is 9.88 Å². The van der Waals surface area contributed by atoms with E-state index >= 15 is 0 Å². The minimum absolute atomic E-state index is 0.244. The highest BCUT2D eigenvalue weighted by atomic mass is 32.1. The van der Waals surface area contributed by atoms with E-state index in [9.17, 15) is 18.8 Å². The molecule has 1 amide bonds. The van der Waals surface area contributed by atoms with Gasteiger partial charge in [-0.3, -0.25) is 14.2 Å². The second-order valence-electron chi connectivity index (χ2n) is 6.49. The molecule has 1 heterocycles. The van der Waals surface area contributed by atoms with Gasteiger partial charge in [-0.15, -0.1) is 0 Å². The summed E-state index contributed by atoms with van der Waals surface area (Å²) in [6.45, 7) is 5.02. The van der Waals surface area contributed by atoms with Crippen LogP contribution in [0.2, 0.25) is 0 Å². The van der Waals surface area contributed by atoms with Gasteiger partial charge in [0.05, 0.1) is 12.8 Å². The Morgan fingerprint density at radius 3 is 2.48 bits per heavy atom. The number of rotatable bonds is 7. The van der Waals surface area contributed by atoms with E-state index in [0.717, 1.165) is 16.2 Å². The van der Waals surface area contributed by atoms with Crippen molar-refractivity contribution in [2.45, 2.75) is 45.7 Å². The van der Waals surface area contributed by atoms with E-state index in [2.05, 4.69) is 5.32 Å². The second-order valence-corrected chi connectivity index (χ2v) is 7.65. The molecule has 1 atom stereocenters. The van der Waals surface area contributed by atoms with Crippen LogP contribution in [-0.2, 0) is 20.9 Å². The molecule has 0 spiro atoms. The fourth-order valence-corrected chi connectivity index (χ4v) is 3.91. The first kappa shape index (κ1) is 20.8. The fraction of sp³-hybridized carbons (Fsp3) is 0.421. The summed E-state index contributed by atoms with van der Waals surface area (Å²) in [5.74, 6) is -1.39. The van der Waals surface area contributed by atoms with Crippen LogP contribution in [0, 0.1) is 12.7 Å². The number of hydrogen-bond donors (Lipinski definition) is 1. The lowest BCUT2D eigenvalue weighted by Gasteiger charge is -2.27. The topological polar surface area (TPSA) is 77.4 Å². The molecule has 0 bridgehead atoms. The number of thiazole rings is 1. The number of halogens is 1. The van der Waals surface area contributed by atoms with Gasteiger partial charge in [-0.05, 0) is 50.1 Å². The van der Waals surface area contributed by atoms with Crippen LogP contribution in [0.3, 0.4) is 0 Å². The molecule has 0 aliphatic heterocycles. The SMILES string of the molecule is CCC[C@](C)(NC(=O)Cn1c(-c2ccc(F)cc2)c(C)sc1=O)C(=O)OC. The van der Waals surface area contributed by atoms with E-state index in [0.29, 0.717) is 24.1 Å². The molecule has 2 aromatic rings. The van der Waals surface area contributed by atoms with E-state index in [4.69, 9.17) is 4.74 Å². The van der Waals surface area contributed by atoms with Crippen LogP contribution < -0.4 is 10.2 Å². The minimum atomic E-state index is -1.16. The molecule has 1 aromatic carbocycles. The van der Waals surface area contributed by atoms with Gasteiger partial charge in [0.2, 0.25) is 5.91 Å². The summed E-state index contributed by atoms with van der Waals surface area (Å²) in [6, 6.07) is 5.73. The Hall–Kier alpha value is -2.48. The summed E-state index contributed by atoms with van der Waals surface area (Å²) in [4.78, 5) is 37.4. The first-order valence-corrected chi connectivity index (χ1v) is 9.39. The number of carbonyl (C=O) groups is 2. The zero-order valence-corrected chi connectivity index (χ0v) is 16.6. The van der Waals surface area contributed by atoms with Crippen LogP contribution in [0.15, 0.2) is 29.1 Å². The van der Waals surface area contributed by atoms with Gasteiger partial charge in [-0.1, -0.05) is 24.7 Å². The van der Waals surface area contributed by atoms with Crippen molar-refractivity contribution in [2.24, 2.45) is 0 Å². The van der Waals surface area contributed by atoms with Gasteiger partial charge in [0.15, 0.2) is 0 Å². The molecule has 0 fully saturated rings. The number of esters is 1. The smallest absolute Gasteiger partial charge is 0.331 e. The number of methoxy groups -OCH3 is 1. The molecular formula is C19H23FN2O4S. The van der Waals surface area contributed by atoms with E-state index in [1.165, 1.54) is 23.8 Å². The Bertz CT molecular complexity index is 888. The number of benzene rings is 1. The number of nitrogens with zero attached hydrogens (tertiary/aromatic N) is 1. The molecule has 0 aliphatic carbocycles. The average molecular weight is 394 g/mol. The summed E-state index contributed by atoms with van der Waals surface area (Å²) in [5, 5.41) is 2.69. The van der Waals surface area contributed by atoms with Crippen molar-refractivity contribution >= 4 is 23.2 Å². The standard InChI is InChI=1S/C19H23FN2O4S/c1-5-10-19(3,17(24)26-4)21-15(23)11-22-16(12(2)27-18(22)25)13-6-8-14(20)9-7-13/h6-9H,5,10-11H2,1-4H3,(H,21,23)/t19-/m0/s1. The van der Waals surface area contributed by atoms with E-state index in [-0.39, 0.29) is 17.2 Å². The third-order valence-electron chi connectivity index (χ3n) is 4.28. The summed E-state index contributed by atoms with van der Waals surface area (Å²) < 4.78 is 19.3. The normalized spacial score (nSPS) is 13.1. The number of ether oxygens (including phenoxy) is 1. The predicted molar refractivity (Wildman–Crippen MR) is 102 cm³/mol. The Labute approximate surface area is 161 Å². The molecule has 2 rings (SSSR count). The first-order valence-electron chi connectivity index (χ1n) is 8.57. The third-order valence-corrected chi connectivity index (χ3v) is 5.18. The van der Waals surface area contributed by atoms with Gasteiger partial charge in [-0.2, -0.15) is 0 Å². The van der Waals surface area contributed by atoms with Gasteiger partial charge in [0.25, 0.3) is 0 Å². The Kier molecular flexibility index (Phi) is 6.54. The summed E-state index contributed by atoms with van der Waals surface area (Å²) in [6.07, 6.45) is 1.08. The lowest BCUT2D eigenvalue weighted by molar-refractivity contribution is -0.150. The summed E-state index contributed by atoms with van der Waals surface area (Å²) >= 11 is 1.02.